The summed E-state index contributed by atoms with van der Waals surface area (Å²) in [4.78, 5) is 20.2. The third-order valence-corrected chi connectivity index (χ3v) is 3.15. The first-order valence-electron chi connectivity index (χ1n) is 6.94. The van der Waals surface area contributed by atoms with Crippen molar-refractivity contribution < 1.29 is 14.3 Å². The van der Waals surface area contributed by atoms with Gasteiger partial charge in [0, 0.05) is 12.7 Å². The van der Waals surface area contributed by atoms with Gasteiger partial charge >= 0.3 is 0 Å². The maximum atomic E-state index is 12.0. The van der Waals surface area contributed by atoms with Gasteiger partial charge in [0.15, 0.2) is 0 Å². The van der Waals surface area contributed by atoms with Gasteiger partial charge in [0.2, 0.25) is 5.95 Å². The first kappa shape index (κ1) is 16.7. The van der Waals surface area contributed by atoms with Crippen molar-refractivity contribution in [2.45, 2.75) is 6.92 Å². The monoisotopic (exact) mass is 317 g/mol. The minimum absolute atomic E-state index is 0.0893. The fourth-order valence-electron chi connectivity index (χ4n) is 2.10. The first-order valence-corrected chi connectivity index (χ1v) is 6.94. The van der Waals surface area contributed by atoms with E-state index in [2.05, 4.69) is 15.4 Å². The van der Waals surface area contributed by atoms with Gasteiger partial charge in [-0.25, -0.2) is 15.8 Å². The van der Waals surface area contributed by atoms with Gasteiger partial charge in [0.25, 0.3) is 5.91 Å². The number of nitrogens with two attached hydrogens (primary N) is 2. The van der Waals surface area contributed by atoms with Crippen molar-refractivity contribution >= 4 is 11.9 Å². The second-order valence-electron chi connectivity index (χ2n) is 4.73. The lowest BCUT2D eigenvalue weighted by molar-refractivity contribution is 0.0953. The lowest BCUT2D eigenvalue weighted by Gasteiger charge is -2.12. The zero-order valence-electron chi connectivity index (χ0n) is 13.0. The summed E-state index contributed by atoms with van der Waals surface area (Å²) in [6.45, 7) is 2.63. The van der Waals surface area contributed by atoms with E-state index < -0.39 is 5.91 Å². The predicted octanol–water partition coefficient (Wildman–Crippen LogP) is 0.663. The number of hydrogen-bond donors (Lipinski definition) is 3. The number of hydrogen-bond acceptors (Lipinski definition) is 7. The molecule has 0 saturated heterocycles. The number of aryl methyl sites for hydroxylation is 1. The number of nitrogens with one attached hydrogen (secondary N) is 1. The summed E-state index contributed by atoms with van der Waals surface area (Å²) < 4.78 is 10.4. The van der Waals surface area contributed by atoms with E-state index in [-0.39, 0.29) is 11.5 Å². The quantitative estimate of drug-likeness (QED) is 0.309. The predicted molar refractivity (Wildman–Crippen MR) is 85.6 cm³/mol. The Hall–Kier alpha value is -2.71. The van der Waals surface area contributed by atoms with Gasteiger partial charge in [-0.2, -0.15) is 0 Å². The Balaban J connectivity index is 2.36. The minimum atomic E-state index is -0.474. The molecular weight excluding hydrogens is 298 g/mol. The smallest absolute Gasteiger partial charge is 0.269 e. The molecule has 0 radical (unpaired) electrons. The molecule has 5 N–H and O–H groups in total. The SMILES string of the molecule is COCCOc1ccc(-c2nc(N)nc(C)c2C(=O)NN)cc1. The number of anilines is 1. The van der Waals surface area contributed by atoms with Crippen molar-refractivity contribution in [2.75, 3.05) is 26.1 Å². The van der Waals surface area contributed by atoms with E-state index >= 15 is 0 Å². The van der Waals surface area contributed by atoms with Crippen LogP contribution in [0.15, 0.2) is 24.3 Å². The number of carbonyl (C=O) groups is 1. The van der Waals surface area contributed by atoms with Crippen molar-refractivity contribution in [3.8, 4) is 17.0 Å². The van der Waals surface area contributed by atoms with E-state index in [0.717, 1.165) is 0 Å². The maximum Gasteiger partial charge on any atom is 0.269 e. The average molecular weight is 317 g/mol. The third kappa shape index (κ3) is 3.93. The second-order valence-corrected chi connectivity index (χ2v) is 4.73. The van der Waals surface area contributed by atoms with Crippen LogP contribution in [0, 0.1) is 6.92 Å². The third-order valence-electron chi connectivity index (χ3n) is 3.15. The van der Waals surface area contributed by atoms with Crippen LogP contribution in [-0.2, 0) is 4.74 Å². The summed E-state index contributed by atoms with van der Waals surface area (Å²) in [7, 11) is 1.61. The first-order chi connectivity index (χ1) is 11.1. The van der Waals surface area contributed by atoms with Crippen LogP contribution in [-0.4, -0.2) is 36.2 Å². The van der Waals surface area contributed by atoms with E-state index in [0.29, 0.717) is 35.9 Å². The topological polar surface area (TPSA) is 125 Å². The highest BCUT2D eigenvalue weighted by Gasteiger charge is 2.18. The molecule has 0 bridgehead atoms. The van der Waals surface area contributed by atoms with Crippen LogP contribution in [0.3, 0.4) is 0 Å². The summed E-state index contributed by atoms with van der Waals surface area (Å²) in [5, 5.41) is 0. The largest absolute Gasteiger partial charge is 0.491 e. The van der Waals surface area contributed by atoms with Crippen LogP contribution in [0.2, 0.25) is 0 Å². The summed E-state index contributed by atoms with van der Waals surface area (Å²) >= 11 is 0. The van der Waals surface area contributed by atoms with Crippen molar-refractivity contribution in [1.29, 1.82) is 0 Å². The highest BCUT2D eigenvalue weighted by Crippen LogP contribution is 2.26. The standard InChI is InChI=1S/C15H19N5O3/c1-9-12(14(21)20-17)13(19-15(16)18-9)10-3-5-11(6-4-10)23-8-7-22-2/h3-6H,7-8,17H2,1-2H3,(H,20,21)(H2,16,18,19). The Morgan fingerprint density at radius 2 is 1.91 bits per heavy atom. The van der Waals surface area contributed by atoms with Crippen molar-refractivity contribution in [3.05, 3.63) is 35.5 Å². The number of aromatic nitrogens is 2. The van der Waals surface area contributed by atoms with Gasteiger partial charge in [-0.15, -0.1) is 0 Å². The van der Waals surface area contributed by atoms with Gasteiger partial charge in [-0.05, 0) is 31.2 Å². The highest BCUT2D eigenvalue weighted by atomic mass is 16.5. The molecule has 1 heterocycles. The fourth-order valence-corrected chi connectivity index (χ4v) is 2.10. The minimum Gasteiger partial charge on any atom is -0.491 e. The molecule has 1 aromatic carbocycles. The number of carbonyl (C=O) groups excluding carboxylic acids is 1. The summed E-state index contributed by atoms with van der Waals surface area (Å²) in [5.41, 5.74) is 9.66. The Bertz CT molecular complexity index is 688. The number of ether oxygens (including phenoxy) is 2. The number of nitrogens with zero attached hydrogens (tertiary/aromatic N) is 2. The molecule has 1 aromatic heterocycles. The van der Waals surface area contributed by atoms with Crippen molar-refractivity contribution in [2.24, 2.45) is 5.84 Å². The van der Waals surface area contributed by atoms with Crippen LogP contribution in [0.25, 0.3) is 11.3 Å². The Morgan fingerprint density at radius 1 is 1.22 bits per heavy atom. The number of rotatable bonds is 6. The van der Waals surface area contributed by atoms with Crippen LogP contribution in [0.5, 0.6) is 5.75 Å². The van der Waals surface area contributed by atoms with Gasteiger partial charge in [0.05, 0.1) is 23.6 Å². The molecule has 23 heavy (non-hydrogen) atoms. The van der Waals surface area contributed by atoms with E-state index in [9.17, 15) is 4.79 Å². The number of methoxy groups -OCH3 is 1. The highest BCUT2D eigenvalue weighted by molar-refractivity contribution is 6.00. The zero-order chi connectivity index (χ0) is 16.8. The summed E-state index contributed by atoms with van der Waals surface area (Å²) in [6.07, 6.45) is 0. The van der Waals surface area contributed by atoms with E-state index in [1.54, 1.807) is 38.3 Å². The average Bonchev–Trinajstić information content (AvgIpc) is 2.54. The fraction of sp³-hybridized carbons (Fsp3) is 0.267. The normalized spacial score (nSPS) is 10.4. The molecule has 8 heteroatoms. The van der Waals surface area contributed by atoms with Crippen LogP contribution in [0.1, 0.15) is 16.1 Å². The lowest BCUT2D eigenvalue weighted by atomic mass is 10.0. The molecule has 0 saturated carbocycles. The van der Waals surface area contributed by atoms with Crippen LogP contribution < -0.4 is 21.7 Å². The van der Waals surface area contributed by atoms with Gasteiger partial charge in [0.1, 0.15) is 12.4 Å². The molecule has 2 rings (SSSR count). The molecule has 0 aliphatic heterocycles. The van der Waals surface area contributed by atoms with E-state index in [1.807, 2.05) is 0 Å². The van der Waals surface area contributed by atoms with Crippen LogP contribution in [0.4, 0.5) is 5.95 Å². The zero-order valence-corrected chi connectivity index (χ0v) is 13.0. The van der Waals surface area contributed by atoms with E-state index in [4.69, 9.17) is 21.1 Å². The Morgan fingerprint density at radius 3 is 2.52 bits per heavy atom. The number of amides is 1. The van der Waals surface area contributed by atoms with Crippen LogP contribution >= 0.6 is 0 Å². The lowest BCUT2D eigenvalue weighted by Crippen LogP contribution is -2.31. The molecular formula is C15H19N5O3. The number of hydrazine groups is 1. The molecule has 1 amide bonds. The number of nitrogen functional groups attached to an aromatic ring is 2. The molecule has 0 aliphatic carbocycles. The van der Waals surface area contributed by atoms with Crippen molar-refractivity contribution in [1.82, 2.24) is 15.4 Å². The van der Waals surface area contributed by atoms with E-state index in [1.165, 1.54) is 0 Å². The van der Waals surface area contributed by atoms with Gasteiger partial charge < -0.3 is 15.2 Å². The Kier molecular flexibility index (Phi) is 5.45. The molecule has 122 valence electrons. The molecule has 0 atom stereocenters. The van der Waals surface area contributed by atoms with Gasteiger partial charge in [-0.1, -0.05) is 0 Å². The summed E-state index contributed by atoms with van der Waals surface area (Å²) in [5.74, 6) is 5.54. The molecule has 0 aliphatic rings. The maximum absolute atomic E-state index is 12.0. The van der Waals surface area contributed by atoms with Crippen molar-refractivity contribution in [3.63, 3.8) is 0 Å². The van der Waals surface area contributed by atoms with Gasteiger partial charge in [-0.3, -0.25) is 10.2 Å². The summed E-state index contributed by atoms with van der Waals surface area (Å²) in [6, 6.07) is 7.14. The molecule has 0 spiro atoms. The second kappa shape index (κ2) is 7.52. The molecule has 0 unspecified atom stereocenters. The molecule has 8 nitrogen and oxygen atoms in total. The number of benzene rings is 1. The molecule has 0 fully saturated rings. The molecule has 2 aromatic rings. The Labute approximate surface area is 133 Å².